The third-order valence-electron chi connectivity index (χ3n) is 4.23. The zero-order valence-corrected chi connectivity index (χ0v) is 17.4. The molecule has 0 radical (unpaired) electrons. The molecule has 2 rings (SSSR count). The molecule has 0 aliphatic rings. The van der Waals surface area contributed by atoms with Crippen molar-refractivity contribution in [1.29, 1.82) is 0 Å². The highest BCUT2D eigenvalue weighted by Gasteiger charge is 2.22. The molecule has 0 bridgehead atoms. The third kappa shape index (κ3) is 5.03. The molecule has 0 spiro atoms. The number of methoxy groups -OCH3 is 1. The summed E-state index contributed by atoms with van der Waals surface area (Å²) in [6.07, 6.45) is 1.67. The zero-order valence-electron chi connectivity index (χ0n) is 17.4. The van der Waals surface area contributed by atoms with Crippen LogP contribution in [0.15, 0.2) is 30.3 Å². The van der Waals surface area contributed by atoms with Crippen molar-refractivity contribution in [2.24, 2.45) is 0 Å². The number of carbonyl (C=O) groups is 1. The lowest BCUT2D eigenvalue weighted by Crippen LogP contribution is -2.14. The number of carbonyl (C=O) groups excluding carboxylic acids is 1. The Kier molecular flexibility index (Phi) is 6.53. The van der Waals surface area contributed by atoms with Gasteiger partial charge in [-0.3, -0.25) is 4.79 Å². The molecular weight excluding hydrogens is 340 g/mol. The van der Waals surface area contributed by atoms with E-state index in [9.17, 15) is 4.79 Å². The summed E-state index contributed by atoms with van der Waals surface area (Å²) in [7, 11) is 1.55. The molecule has 0 atom stereocenters. The van der Waals surface area contributed by atoms with Gasteiger partial charge in [0.1, 0.15) is 12.0 Å². The Labute approximate surface area is 162 Å². The van der Waals surface area contributed by atoms with Crippen molar-refractivity contribution in [3.05, 3.63) is 47.0 Å². The van der Waals surface area contributed by atoms with Crippen LogP contribution >= 0.6 is 0 Å². The molecule has 2 aromatic rings. The lowest BCUT2D eigenvalue weighted by molar-refractivity contribution is 0.112. The van der Waals surface area contributed by atoms with Gasteiger partial charge in [-0.1, -0.05) is 39.8 Å². The van der Waals surface area contributed by atoms with E-state index in [1.807, 2.05) is 19.9 Å². The fraction of sp³-hybridized carbons (Fsp3) is 0.435. The predicted molar refractivity (Wildman–Crippen MR) is 109 cm³/mol. The number of rotatable bonds is 7. The fourth-order valence-electron chi connectivity index (χ4n) is 2.83. The summed E-state index contributed by atoms with van der Waals surface area (Å²) in [5.41, 5.74) is 2.74. The average Bonchev–Trinajstić information content (AvgIpc) is 2.61. The molecule has 4 heteroatoms. The highest BCUT2D eigenvalue weighted by atomic mass is 16.5. The number of hydrogen-bond acceptors (Lipinski definition) is 4. The van der Waals surface area contributed by atoms with Gasteiger partial charge in [-0.05, 0) is 49.4 Å². The van der Waals surface area contributed by atoms with E-state index in [1.54, 1.807) is 19.2 Å². The molecule has 0 saturated carbocycles. The van der Waals surface area contributed by atoms with Crippen LogP contribution in [-0.2, 0) is 11.8 Å². The number of aryl methyl sites for hydroxylation is 1. The maximum absolute atomic E-state index is 11.4. The number of aldehydes is 1. The van der Waals surface area contributed by atoms with Crippen molar-refractivity contribution in [2.45, 2.75) is 59.5 Å². The van der Waals surface area contributed by atoms with Gasteiger partial charge in [-0.15, -0.1) is 0 Å². The van der Waals surface area contributed by atoms with E-state index in [-0.39, 0.29) is 11.5 Å². The quantitative estimate of drug-likeness (QED) is 0.565. The second-order valence-electron chi connectivity index (χ2n) is 7.87. The molecule has 2 aromatic carbocycles. The Balaban J connectivity index is 2.61. The molecule has 146 valence electrons. The van der Waals surface area contributed by atoms with Crippen molar-refractivity contribution in [3.8, 4) is 23.0 Å². The van der Waals surface area contributed by atoms with Crippen molar-refractivity contribution in [3.63, 3.8) is 0 Å². The van der Waals surface area contributed by atoms with Gasteiger partial charge in [0.2, 0.25) is 5.75 Å². The van der Waals surface area contributed by atoms with E-state index in [4.69, 9.17) is 14.2 Å². The van der Waals surface area contributed by atoms with Gasteiger partial charge in [0.15, 0.2) is 11.5 Å². The first-order valence-corrected chi connectivity index (χ1v) is 9.34. The zero-order chi connectivity index (χ0) is 20.2. The van der Waals surface area contributed by atoms with Gasteiger partial charge in [0.05, 0.1) is 13.2 Å². The van der Waals surface area contributed by atoms with E-state index in [0.29, 0.717) is 22.8 Å². The van der Waals surface area contributed by atoms with E-state index in [2.05, 4.69) is 39.8 Å². The van der Waals surface area contributed by atoms with Crippen LogP contribution in [0.25, 0.3) is 0 Å². The summed E-state index contributed by atoms with van der Waals surface area (Å²) in [6, 6.07) is 9.57. The van der Waals surface area contributed by atoms with Crippen LogP contribution in [-0.4, -0.2) is 19.5 Å². The van der Waals surface area contributed by atoms with E-state index < -0.39 is 0 Å². The maximum atomic E-state index is 11.4. The molecular formula is C23H30O4. The first-order valence-electron chi connectivity index (χ1n) is 9.34. The summed E-state index contributed by atoms with van der Waals surface area (Å²) < 4.78 is 17.7. The second-order valence-corrected chi connectivity index (χ2v) is 7.87. The molecule has 4 nitrogen and oxygen atoms in total. The Bertz CT molecular complexity index is 801. The molecule has 27 heavy (non-hydrogen) atoms. The Hall–Kier alpha value is -2.49. The van der Waals surface area contributed by atoms with Crippen LogP contribution < -0.4 is 14.2 Å². The maximum Gasteiger partial charge on any atom is 0.204 e. The first-order chi connectivity index (χ1) is 12.7. The summed E-state index contributed by atoms with van der Waals surface area (Å²) in [5.74, 6) is 2.20. The molecule has 0 fully saturated rings. The van der Waals surface area contributed by atoms with E-state index in [0.717, 1.165) is 24.0 Å². The van der Waals surface area contributed by atoms with Gasteiger partial charge < -0.3 is 14.2 Å². The fourth-order valence-corrected chi connectivity index (χ4v) is 2.83. The van der Waals surface area contributed by atoms with Crippen molar-refractivity contribution < 1.29 is 19.0 Å². The summed E-state index contributed by atoms with van der Waals surface area (Å²) in [5, 5.41) is 0. The highest BCUT2D eigenvalue weighted by Crippen LogP contribution is 2.43. The lowest BCUT2D eigenvalue weighted by atomic mass is 9.85. The molecule has 0 heterocycles. The molecule has 0 aliphatic carbocycles. The van der Waals surface area contributed by atoms with Crippen LogP contribution in [0.2, 0.25) is 0 Å². The van der Waals surface area contributed by atoms with Gasteiger partial charge in [-0.25, -0.2) is 0 Å². The van der Waals surface area contributed by atoms with Gasteiger partial charge in [-0.2, -0.15) is 0 Å². The Morgan fingerprint density at radius 1 is 1.04 bits per heavy atom. The topological polar surface area (TPSA) is 44.8 Å². The first kappa shape index (κ1) is 20.8. The van der Waals surface area contributed by atoms with Gasteiger partial charge in [0, 0.05) is 11.1 Å². The van der Waals surface area contributed by atoms with Crippen LogP contribution in [0.5, 0.6) is 23.0 Å². The molecule has 0 amide bonds. The van der Waals surface area contributed by atoms with E-state index >= 15 is 0 Å². The van der Waals surface area contributed by atoms with Crippen molar-refractivity contribution >= 4 is 6.29 Å². The second kappa shape index (κ2) is 8.47. The third-order valence-corrected chi connectivity index (χ3v) is 4.23. The van der Waals surface area contributed by atoms with E-state index in [1.165, 1.54) is 5.56 Å². The SMILES string of the molecule is CCc1ccc(Oc2cc(C=O)cc(OC)c2OC(C)C)c(C(C)(C)C)c1. The lowest BCUT2D eigenvalue weighted by Gasteiger charge is -2.25. The monoisotopic (exact) mass is 370 g/mol. The largest absolute Gasteiger partial charge is 0.493 e. The summed E-state index contributed by atoms with van der Waals surface area (Å²) in [4.78, 5) is 11.4. The summed E-state index contributed by atoms with van der Waals surface area (Å²) >= 11 is 0. The number of hydrogen-bond donors (Lipinski definition) is 0. The number of ether oxygens (including phenoxy) is 3. The molecule has 0 saturated heterocycles. The van der Waals surface area contributed by atoms with Gasteiger partial charge >= 0.3 is 0 Å². The predicted octanol–water partition coefficient (Wildman–Crippen LogP) is 5.95. The van der Waals surface area contributed by atoms with Crippen molar-refractivity contribution in [2.75, 3.05) is 7.11 Å². The van der Waals surface area contributed by atoms with Crippen molar-refractivity contribution in [1.82, 2.24) is 0 Å². The van der Waals surface area contributed by atoms with Crippen LogP contribution in [0.1, 0.15) is 63.0 Å². The molecule has 0 unspecified atom stereocenters. The minimum atomic E-state index is -0.0913. The molecule has 0 N–H and O–H groups in total. The average molecular weight is 370 g/mol. The summed E-state index contributed by atoms with van der Waals surface area (Å²) in [6.45, 7) is 12.5. The van der Waals surface area contributed by atoms with Crippen LogP contribution in [0.4, 0.5) is 0 Å². The number of benzene rings is 2. The van der Waals surface area contributed by atoms with Crippen LogP contribution in [0, 0.1) is 0 Å². The normalized spacial score (nSPS) is 11.4. The molecule has 0 aliphatic heterocycles. The highest BCUT2D eigenvalue weighted by molar-refractivity contribution is 5.78. The standard InChI is InChI=1S/C23H30O4/c1-8-16-9-10-19(18(11-16)23(4,5)6)27-21-13-17(14-24)12-20(25-7)22(21)26-15(2)3/h9-15H,8H2,1-7H3. The van der Waals surface area contributed by atoms with Crippen LogP contribution in [0.3, 0.4) is 0 Å². The minimum Gasteiger partial charge on any atom is -0.493 e. The molecule has 0 aromatic heterocycles. The minimum absolute atomic E-state index is 0.0621. The Morgan fingerprint density at radius 3 is 2.22 bits per heavy atom. The smallest absolute Gasteiger partial charge is 0.204 e. The van der Waals surface area contributed by atoms with Gasteiger partial charge in [0.25, 0.3) is 0 Å². The Morgan fingerprint density at radius 2 is 1.70 bits per heavy atom.